The fourth-order valence-electron chi connectivity index (χ4n) is 3.60. The van der Waals surface area contributed by atoms with Gasteiger partial charge < -0.3 is 4.90 Å². The van der Waals surface area contributed by atoms with E-state index in [1.54, 1.807) is 23.7 Å². The molecule has 3 aromatic rings. The predicted octanol–water partition coefficient (Wildman–Crippen LogP) is 0.917. The molecule has 3 heterocycles. The van der Waals surface area contributed by atoms with Crippen LogP contribution in [0.25, 0.3) is 11.2 Å². The van der Waals surface area contributed by atoms with Crippen molar-refractivity contribution in [3.63, 3.8) is 0 Å². The van der Waals surface area contributed by atoms with Crippen molar-refractivity contribution in [1.29, 1.82) is 0 Å². The molecule has 0 saturated carbocycles. The molecule has 8 heteroatoms. The van der Waals surface area contributed by atoms with Crippen LogP contribution in [0.1, 0.15) is 23.2 Å². The number of aryl methyl sites for hydroxylation is 1. The summed E-state index contributed by atoms with van der Waals surface area (Å²) >= 11 is 0. The third kappa shape index (κ3) is 2.77. The first-order chi connectivity index (χ1) is 13.0. The minimum Gasteiger partial charge on any atom is -0.342 e. The Morgan fingerprint density at radius 1 is 1.04 bits per heavy atom. The minimum absolute atomic E-state index is 0.000208. The van der Waals surface area contributed by atoms with Crippen molar-refractivity contribution in [2.75, 3.05) is 18.0 Å². The second-order valence-corrected chi connectivity index (χ2v) is 6.86. The van der Waals surface area contributed by atoms with Crippen LogP contribution in [0.4, 0.5) is 5.95 Å². The lowest BCUT2D eigenvalue weighted by Crippen LogP contribution is -2.37. The Bertz CT molecular complexity index is 1130. The Morgan fingerprint density at radius 3 is 2.37 bits per heavy atom. The summed E-state index contributed by atoms with van der Waals surface area (Å²) in [6, 6.07) is 8.98. The molecule has 1 fully saturated rings. The Balaban J connectivity index is 1.93. The highest BCUT2D eigenvalue weighted by Crippen LogP contribution is 2.23. The first-order valence-corrected chi connectivity index (χ1v) is 8.98. The van der Waals surface area contributed by atoms with E-state index in [1.807, 2.05) is 18.2 Å². The van der Waals surface area contributed by atoms with Crippen molar-refractivity contribution in [2.45, 2.75) is 19.4 Å². The summed E-state index contributed by atoms with van der Waals surface area (Å²) in [5.74, 6) is 0.469. The fraction of sp³-hybridized carbons (Fsp3) is 0.368. The minimum atomic E-state index is -0.438. The summed E-state index contributed by atoms with van der Waals surface area (Å²) in [5.41, 5.74) is 0.302. The average Bonchev–Trinajstić information content (AvgIpc) is 3.33. The number of ketones is 1. The van der Waals surface area contributed by atoms with E-state index in [2.05, 4.69) is 9.88 Å². The number of rotatable bonds is 4. The van der Waals surface area contributed by atoms with Crippen LogP contribution in [0.3, 0.4) is 0 Å². The summed E-state index contributed by atoms with van der Waals surface area (Å²) in [6.07, 6.45) is 2.07. The molecule has 1 saturated heterocycles. The topological polar surface area (TPSA) is 82.1 Å². The van der Waals surface area contributed by atoms with E-state index in [0.717, 1.165) is 30.5 Å². The summed E-state index contributed by atoms with van der Waals surface area (Å²) < 4.78 is 4.08. The maximum Gasteiger partial charge on any atom is 0.332 e. The zero-order valence-electron chi connectivity index (χ0n) is 15.4. The number of hydrogen-bond donors (Lipinski definition) is 0. The van der Waals surface area contributed by atoms with Crippen molar-refractivity contribution in [3.8, 4) is 0 Å². The van der Waals surface area contributed by atoms with Gasteiger partial charge >= 0.3 is 5.69 Å². The smallest absolute Gasteiger partial charge is 0.332 e. The number of aromatic nitrogens is 4. The Kier molecular flexibility index (Phi) is 4.18. The van der Waals surface area contributed by atoms with E-state index in [1.165, 1.54) is 11.6 Å². The summed E-state index contributed by atoms with van der Waals surface area (Å²) in [5, 5.41) is 0. The molecule has 0 N–H and O–H groups in total. The van der Waals surface area contributed by atoms with Crippen LogP contribution in [-0.4, -0.2) is 37.6 Å². The number of imidazole rings is 1. The van der Waals surface area contributed by atoms with Gasteiger partial charge in [-0.3, -0.25) is 23.3 Å². The lowest BCUT2D eigenvalue weighted by Gasteiger charge is -2.18. The van der Waals surface area contributed by atoms with E-state index >= 15 is 0 Å². The lowest BCUT2D eigenvalue weighted by molar-refractivity contribution is 0.0973. The predicted molar refractivity (Wildman–Crippen MR) is 102 cm³/mol. The molecule has 1 aliphatic heterocycles. The number of anilines is 1. The molecule has 0 atom stereocenters. The van der Waals surface area contributed by atoms with Crippen molar-refractivity contribution < 1.29 is 4.79 Å². The average molecular weight is 367 g/mol. The SMILES string of the molecule is Cn1c(=O)c2c(nc(N3CCCC3)n2CC(=O)c2ccccc2)n(C)c1=O. The maximum absolute atomic E-state index is 12.8. The third-order valence-corrected chi connectivity index (χ3v) is 5.11. The molecule has 8 nitrogen and oxygen atoms in total. The van der Waals surface area contributed by atoms with Gasteiger partial charge in [0.1, 0.15) is 0 Å². The van der Waals surface area contributed by atoms with Gasteiger partial charge in [0.15, 0.2) is 16.9 Å². The van der Waals surface area contributed by atoms with Crippen molar-refractivity contribution >= 4 is 22.9 Å². The number of carbonyl (C=O) groups is 1. The van der Waals surface area contributed by atoms with E-state index in [4.69, 9.17) is 0 Å². The highest BCUT2D eigenvalue weighted by atomic mass is 16.2. The van der Waals surface area contributed by atoms with Crippen LogP contribution < -0.4 is 16.1 Å². The van der Waals surface area contributed by atoms with Crippen LogP contribution >= 0.6 is 0 Å². The van der Waals surface area contributed by atoms with Crippen LogP contribution in [0, 0.1) is 0 Å². The molecular formula is C19H21N5O3. The van der Waals surface area contributed by atoms with Gasteiger partial charge in [-0.1, -0.05) is 30.3 Å². The molecule has 0 unspecified atom stereocenters. The van der Waals surface area contributed by atoms with E-state index < -0.39 is 11.2 Å². The number of nitrogens with zero attached hydrogens (tertiary/aromatic N) is 5. The van der Waals surface area contributed by atoms with Crippen LogP contribution in [0.15, 0.2) is 39.9 Å². The molecule has 0 aliphatic carbocycles. The van der Waals surface area contributed by atoms with E-state index in [0.29, 0.717) is 17.2 Å². The van der Waals surface area contributed by atoms with Gasteiger partial charge in [-0.15, -0.1) is 0 Å². The quantitative estimate of drug-likeness (QED) is 0.641. The van der Waals surface area contributed by atoms with Gasteiger partial charge in [0.25, 0.3) is 5.56 Å². The molecule has 27 heavy (non-hydrogen) atoms. The summed E-state index contributed by atoms with van der Waals surface area (Å²) in [6.45, 7) is 1.63. The standard InChI is InChI=1S/C19H21N5O3/c1-21-16-15(17(26)22(2)19(21)27)24(18(20-16)23-10-6-7-11-23)12-14(25)13-8-4-3-5-9-13/h3-5,8-9H,6-7,10-12H2,1-2H3. The van der Waals surface area contributed by atoms with Gasteiger partial charge in [-0.05, 0) is 12.8 Å². The van der Waals surface area contributed by atoms with Crippen LogP contribution in [-0.2, 0) is 20.6 Å². The Hall–Kier alpha value is -3.16. The number of carbonyl (C=O) groups excluding carboxylic acids is 1. The van der Waals surface area contributed by atoms with Gasteiger partial charge in [0, 0.05) is 32.7 Å². The van der Waals surface area contributed by atoms with Crippen molar-refractivity contribution in [3.05, 3.63) is 56.7 Å². The molecule has 0 spiro atoms. The summed E-state index contributed by atoms with van der Waals surface area (Å²) in [7, 11) is 3.03. The van der Waals surface area contributed by atoms with Gasteiger partial charge in [0.2, 0.25) is 5.95 Å². The Morgan fingerprint density at radius 2 is 1.70 bits per heavy atom. The highest BCUT2D eigenvalue weighted by molar-refractivity contribution is 5.96. The van der Waals surface area contributed by atoms with E-state index in [9.17, 15) is 14.4 Å². The largest absolute Gasteiger partial charge is 0.342 e. The van der Waals surface area contributed by atoms with Crippen molar-refractivity contribution in [1.82, 2.24) is 18.7 Å². The molecule has 0 radical (unpaired) electrons. The second kappa shape index (κ2) is 6.53. The van der Waals surface area contributed by atoms with Gasteiger partial charge in [-0.25, -0.2) is 4.79 Å². The molecule has 4 rings (SSSR count). The van der Waals surface area contributed by atoms with Crippen LogP contribution in [0.2, 0.25) is 0 Å². The monoisotopic (exact) mass is 367 g/mol. The first-order valence-electron chi connectivity index (χ1n) is 8.98. The zero-order chi connectivity index (χ0) is 19.1. The number of hydrogen-bond acceptors (Lipinski definition) is 5. The van der Waals surface area contributed by atoms with Gasteiger partial charge in [0.05, 0.1) is 6.54 Å². The number of fused-ring (bicyclic) bond motifs is 1. The van der Waals surface area contributed by atoms with Crippen molar-refractivity contribution in [2.24, 2.45) is 14.1 Å². The van der Waals surface area contributed by atoms with Crippen LogP contribution in [0.5, 0.6) is 0 Å². The summed E-state index contributed by atoms with van der Waals surface area (Å²) in [4.78, 5) is 44.6. The first kappa shape index (κ1) is 17.3. The second-order valence-electron chi connectivity index (χ2n) is 6.86. The maximum atomic E-state index is 12.8. The van der Waals surface area contributed by atoms with Gasteiger partial charge in [-0.2, -0.15) is 4.98 Å². The Labute approximate surface area is 155 Å². The highest BCUT2D eigenvalue weighted by Gasteiger charge is 2.25. The molecule has 2 aromatic heterocycles. The molecular weight excluding hydrogens is 346 g/mol. The number of benzene rings is 1. The fourth-order valence-corrected chi connectivity index (χ4v) is 3.60. The zero-order valence-corrected chi connectivity index (χ0v) is 15.4. The lowest BCUT2D eigenvalue weighted by atomic mass is 10.1. The molecule has 140 valence electrons. The molecule has 0 bridgehead atoms. The molecule has 0 amide bonds. The molecule has 1 aromatic carbocycles. The normalized spacial score (nSPS) is 14.2. The molecule has 1 aliphatic rings. The van der Waals surface area contributed by atoms with E-state index in [-0.39, 0.29) is 17.8 Å². The number of Topliss-reactive ketones (excluding diaryl/α,β-unsaturated/α-hetero) is 1. The third-order valence-electron chi connectivity index (χ3n) is 5.11.